The topological polar surface area (TPSA) is 83.1 Å². The first-order valence-corrected chi connectivity index (χ1v) is 7.82. The maximum atomic E-state index is 11.9. The van der Waals surface area contributed by atoms with Gasteiger partial charge in [0.05, 0.1) is 18.4 Å². The second-order valence-corrected chi connectivity index (χ2v) is 5.85. The van der Waals surface area contributed by atoms with Crippen LogP contribution in [0.1, 0.15) is 26.2 Å². The molecule has 2 unspecified atom stereocenters. The monoisotopic (exact) mass is 376 g/mol. The summed E-state index contributed by atoms with van der Waals surface area (Å²) in [4.78, 5) is 27.6. The van der Waals surface area contributed by atoms with Gasteiger partial charge in [-0.2, -0.15) is 0 Å². The average molecular weight is 377 g/mol. The van der Waals surface area contributed by atoms with Crippen LogP contribution in [0.25, 0.3) is 0 Å². The summed E-state index contributed by atoms with van der Waals surface area (Å²) in [5.74, 6) is 0.561. The predicted molar refractivity (Wildman–Crippen MR) is 99.7 cm³/mol. The summed E-state index contributed by atoms with van der Waals surface area (Å²) in [5.41, 5.74) is 0.628. The molecule has 1 aromatic rings. The summed E-state index contributed by atoms with van der Waals surface area (Å²) in [5, 5.41) is 8.73. The van der Waals surface area contributed by atoms with E-state index in [1.54, 1.807) is 24.5 Å². The molecule has 0 aliphatic carbocycles. The van der Waals surface area contributed by atoms with Gasteiger partial charge in [0.2, 0.25) is 11.8 Å². The van der Waals surface area contributed by atoms with Gasteiger partial charge >= 0.3 is 0 Å². The molecule has 1 fully saturated rings. The lowest BCUT2D eigenvalue weighted by atomic mass is 9.85. The van der Waals surface area contributed by atoms with Crippen molar-refractivity contribution in [2.45, 2.75) is 26.2 Å². The molecule has 2 amide bonds. The van der Waals surface area contributed by atoms with Crippen molar-refractivity contribution in [3.63, 3.8) is 0 Å². The van der Waals surface area contributed by atoms with Crippen LogP contribution in [0.2, 0.25) is 0 Å². The Balaban J connectivity index is 0.00000264. The van der Waals surface area contributed by atoms with Gasteiger partial charge in [-0.3, -0.25) is 14.6 Å². The van der Waals surface area contributed by atoms with Gasteiger partial charge in [0.15, 0.2) is 0 Å². The number of carbonyl (C=O) groups is 2. The van der Waals surface area contributed by atoms with Crippen molar-refractivity contribution >= 4 is 42.3 Å². The lowest BCUT2D eigenvalue weighted by Crippen LogP contribution is -2.37. The Morgan fingerprint density at radius 3 is 2.79 bits per heavy atom. The van der Waals surface area contributed by atoms with Gasteiger partial charge in [-0.1, -0.05) is 6.92 Å². The van der Waals surface area contributed by atoms with Crippen molar-refractivity contribution in [2.24, 2.45) is 11.8 Å². The first-order chi connectivity index (χ1) is 10.6. The Kier molecular flexibility index (Phi) is 11.4. The molecule has 3 N–H and O–H groups in total. The molecule has 2 rings (SSSR count). The van der Waals surface area contributed by atoms with Crippen LogP contribution in [0, 0.1) is 11.8 Å². The Bertz CT molecular complexity index is 496. The fraction of sp³-hybridized carbons (Fsp3) is 0.562. The van der Waals surface area contributed by atoms with Crippen LogP contribution >= 0.6 is 24.8 Å². The number of carbonyl (C=O) groups excluding carboxylic acids is 2. The highest BCUT2D eigenvalue weighted by Gasteiger charge is 2.22. The zero-order valence-electron chi connectivity index (χ0n) is 13.8. The molecule has 8 heteroatoms. The van der Waals surface area contributed by atoms with E-state index >= 15 is 0 Å². The summed E-state index contributed by atoms with van der Waals surface area (Å²) in [7, 11) is 0. The van der Waals surface area contributed by atoms with E-state index in [1.807, 2.05) is 0 Å². The average Bonchev–Trinajstić information content (AvgIpc) is 2.55. The first-order valence-electron chi connectivity index (χ1n) is 7.82. The minimum absolute atomic E-state index is 0. The van der Waals surface area contributed by atoms with Gasteiger partial charge in [0.25, 0.3) is 0 Å². The number of hydrogen-bond acceptors (Lipinski definition) is 4. The van der Waals surface area contributed by atoms with Gasteiger partial charge in [0, 0.05) is 12.6 Å². The molecule has 24 heavy (non-hydrogen) atoms. The minimum atomic E-state index is -0.242. The molecule has 1 aliphatic rings. The van der Waals surface area contributed by atoms with E-state index in [0.717, 1.165) is 13.1 Å². The SMILES string of the molecule is CC(CC(=O)NCC(=O)Nc1cccnc1)C1CCCNC1.Cl.Cl. The zero-order chi connectivity index (χ0) is 15.8. The van der Waals surface area contributed by atoms with Crippen molar-refractivity contribution in [3.8, 4) is 0 Å². The fourth-order valence-corrected chi connectivity index (χ4v) is 2.72. The highest BCUT2D eigenvalue weighted by Crippen LogP contribution is 2.22. The summed E-state index contributed by atoms with van der Waals surface area (Å²) < 4.78 is 0. The Labute approximate surface area is 155 Å². The van der Waals surface area contributed by atoms with Gasteiger partial charge in [-0.25, -0.2) is 0 Å². The van der Waals surface area contributed by atoms with Gasteiger partial charge in [-0.15, -0.1) is 24.8 Å². The van der Waals surface area contributed by atoms with Crippen molar-refractivity contribution < 1.29 is 9.59 Å². The standard InChI is InChI=1S/C16H24N4O2.2ClH/c1-12(13-4-2-6-17-9-13)8-15(21)19-11-16(22)20-14-5-3-7-18-10-14;;/h3,5,7,10,12-13,17H,2,4,6,8-9,11H2,1H3,(H,19,21)(H,20,22);2*1H. The summed E-state index contributed by atoms with van der Waals surface area (Å²) in [6.07, 6.45) is 6.01. The lowest BCUT2D eigenvalue weighted by Gasteiger charge is -2.27. The number of amides is 2. The first kappa shape index (κ1) is 22.6. The van der Waals surface area contributed by atoms with E-state index in [0.29, 0.717) is 23.9 Å². The predicted octanol–water partition coefficient (Wildman–Crippen LogP) is 2.01. The van der Waals surface area contributed by atoms with Gasteiger partial charge in [0.1, 0.15) is 0 Å². The van der Waals surface area contributed by atoms with E-state index in [2.05, 4.69) is 27.9 Å². The molecule has 1 aliphatic heterocycles. The molecule has 0 bridgehead atoms. The number of nitrogens with one attached hydrogen (secondary N) is 3. The van der Waals surface area contributed by atoms with Crippen LogP contribution in [0.3, 0.4) is 0 Å². The van der Waals surface area contributed by atoms with Crippen LogP contribution in [0.4, 0.5) is 5.69 Å². The van der Waals surface area contributed by atoms with Crippen LogP contribution in [0.5, 0.6) is 0 Å². The number of halogens is 2. The lowest BCUT2D eigenvalue weighted by molar-refractivity contribution is -0.125. The maximum absolute atomic E-state index is 11.9. The van der Waals surface area contributed by atoms with Gasteiger partial charge < -0.3 is 16.0 Å². The van der Waals surface area contributed by atoms with Gasteiger partial charge in [-0.05, 0) is 49.9 Å². The Morgan fingerprint density at radius 2 is 2.17 bits per heavy atom. The molecule has 136 valence electrons. The molecule has 2 heterocycles. The Hall–Kier alpha value is -1.37. The highest BCUT2D eigenvalue weighted by molar-refractivity contribution is 5.94. The second kappa shape index (κ2) is 12.1. The maximum Gasteiger partial charge on any atom is 0.243 e. The van der Waals surface area contributed by atoms with Crippen molar-refractivity contribution in [3.05, 3.63) is 24.5 Å². The molecule has 0 radical (unpaired) electrons. The number of piperidine rings is 1. The second-order valence-electron chi connectivity index (χ2n) is 5.85. The molecule has 1 aromatic heterocycles. The van der Waals surface area contributed by atoms with Crippen molar-refractivity contribution in [1.82, 2.24) is 15.6 Å². The molecular weight excluding hydrogens is 351 g/mol. The molecule has 0 saturated carbocycles. The number of aromatic nitrogens is 1. The van der Waals surface area contributed by atoms with Crippen LogP contribution in [-0.4, -0.2) is 36.4 Å². The van der Waals surface area contributed by atoms with Crippen molar-refractivity contribution in [2.75, 3.05) is 25.0 Å². The summed E-state index contributed by atoms with van der Waals surface area (Å²) in [6, 6.07) is 3.50. The number of rotatable bonds is 6. The largest absolute Gasteiger partial charge is 0.347 e. The van der Waals surface area contributed by atoms with E-state index < -0.39 is 0 Å². The third-order valence-electron chi connectivity index (χ3n) is 4.04. The molecule has 2 atom stereocenters. The van der Waals surface area contributed by atoms with Crippen molar-refractivity contribution in [1.29, 1.82) is 0 Å². The molecular formula is C16H26Cl2N4O2. The quantitative estimate of drug-likeness (QED) is 0.708. The van der Waals surface area contributed by atoms with Crippen LogP contribution in [0.15, 0.2) is 24.5 Å². The van der Waals surface area contributed by atoms with E-state index in [4.69, 9.17) is 0 Å². The van der Waals surface area contributed by atoms with E-state index in [1.165, 1.54) is 12.8 Å². The van der Waals surface area contributed by atoms with Crippen LogP contribution < -0.4 is 16.0 Å². The van der Waals surface area contributed by atoms with Crippen LogP contribution in [-0.2, 0) is 9.59 Å². The smallest absolute Gasteiger partial charge is 0.243 e. The Morgan fingerprint density at radius 1 is 1.38 bits per heavy atom. The minimum Gasteiger partial charge on any atom is -0.347 e. The fourth-order valence-electron chi connectivity index (χ4n) is 2.72. The number of hydrogen-bond donors (Lipinski definition) is 3. The molecule has 0 aromatic carbocycles. The summed E-state index contributed by atoms with van der Waals surface area (Å²) >= 11 is 0. The third-order valence-corrected chi connectivity index (χ3v) is 4.04. The molecule has 0 spiro atoms. The zero-order valence-corrected chi connectivity index (χ0v) is 15.4. The number of pyridine rings is 1. The highest BCUT2D eigenvalue weighted by atomic mass is 35.5. The summed E-state index contributed by atoms with van der Waals surface area (Å²) in [6.45, 7) is 4.15. The number of nitrogens with zero attached hydrogens (tertiary/aromatic N) is 1. The molecule has 1 saturated heterocycles. The normalized spacial score (nSPS) is 17.6. The number of anilines is 1. The third kappa shape index (κ3) is 7.95. The van der Waals surface area contributed by atoms with E-state index in [-0.39, 0.29) is 43.2 Å². The molecule has 6 nitrogen and oxygen atoms in total. The van der Waals surface area contributed by atoms with E-state index in [9.17, 15) is 9.59 Å².